The molecular weight excluding hydrogens is 338 g/mol. The molecule has 16 heavy (non-hydrogen) atoms. The monoisotopic (exact) mass is 351 g/mol. The van der Waals surface area contributed by atoms with Gasteiger partial charge in [-0.2, -0.15) is 0 Å². The average Bonchev–Trinajstić information content (AvgIpc) is 2.23. The molecule has 1 unspecified atom stereocenters. The van der Waals surface area contributed by atoms with E-state index in [4.69, 9.17) is 5.11 Å². The van der Waals surface area contributed by atoms with E-state index in [9.17, 15) is 5.11 Å². The largest absolute Gasteiger partial charge is 0.506 e. The Bertz CT molecular complexity index is 335. The predicted molar refractivity (Wildman–Crippen MR) is 71.5 cm³/mol. The summed E-state index contributed by atoms with van der Waals surface area (Å²) in [6.45, 7) is 2.93. The number of benzene rings is 1. The maximum atomic E-state index is 9.55. The zero-order chi connectivity index (χ0) is 12.1. The molecule has 1 atom stereocenters. The Labute approximate surface area is 112 Å². The number of aliphatic hydroxyl groups excluding tert-OH is 1. The molecule has 3 nitrogen and oxygen atoms in total. The molecule has 0 fully saturated rings. The van der Waals surface area contributed by atoms with Crippen molar-refractivity contribution < 1.29 is 10.2 Å². The second kappa shape index (κ2) is 6.59. The van der Waals surface area contributed by atoms with E-state index in [0.29, 0.717) is 15.5 Å². The fourth-order valence-electron chi connectivity index (χ4n) is 1.31. The van der Waals surface area contributed by atoms with Crippen LogP contribution in [0.1, 0.15) is 18.9 Å². The fourth-order valence-corrected chi connectivity index (χ4v) is 2.59. The van der Waals surface area contributed by atoms with Crippen molar-refractivity contribution in [1.29, 1.82) is 0 Å². The lowest BCUT2D eigenvalue weighted by atomic mass is 10.2. The molecule has 90 valence electrons. The topological polar surface area (TPSA) is 52.5 Å². The van der Waals surface area contributed by atoms with Gasteiger partial charge in [0.05, 0.1) is 8.95 Å². The third-order valence-corrected chi connectivity index (χ3v) is 3.50. The summed E-state index contributed by atoms with van der Waals surface area (Å²) in [5, 5.41) is 21.6. The van der Waals surface area contributed by atoms with Crippen LogP contribution in [0.4, 0.5) is 0 Å². The fraction of sp³-hybridized carbons (Fsp3) is 0.455. The highest BCUT2D eigenvalue weighted by atomic mass is 79.9. The molecule has 0 amide bonds. The van der Waals surface area contributed by atoms with Gasteiger partial charge in [0.15, 0.2) is 0 Å². The van der Waals surface area contributed by atoms with Gasteiger partial charge >= 0.3 is 0 Å². The van der Waals surface area contributed by atoms with Crippen molar-refractivity contribution in [2.45, 2.75) is 25.9 Å². The minimum Gasteiger partial charge on any atom is -0.506 e. The molecular formula is C11H15Br2NO2. The summed E-state index contributed by atoms with van der Waals surface area (Å²) < 4.78 is 1.35. The summed E-state index contributed by atoms with van der Waals surface area (Å²) in [4.78, 5) is 0. The highest BCUT2D eigenvalue weighted by Crippen LogP contribution is 2.33. The minimum atomic E-state index is 0.192. The van der Waals surface area contributed by atoms with Gasteiger partial charge in [0.1, 0.15) is 5.75 Å². The van der Waals surface area contributed by atoms with Gasteiger partial charge in [-0.05, 0) is 62.9 Å². The number of aliphatic hydroxyl groups is 1. The molecule has 0 bridgehead atoms. The Morgan fingerprint density at radius 3 is 2.38 bits per heavy atom. The summed E-state index contributed by atoms with van der Waals surface area (Å²) in [5.41, 5.74) is 1.07. The first-order valence-electron chi connectivity index (χ1n) is 5.05. The SMILES string of the molecule is CC(CCO)NCc1cc(Br)c(O)c(Br)c1. The Hall–Kier alpha value is -0.100. The van der Waals surface area contributed by atoms with Gasteiger partial charge in [0, 0.05) is 19.2 Å². The molecule has 0 saturated carbocycles. The number of nitrogens with one attached hydrogen (secondary N) is 1. The summed E-state index contributed by atoms with van der Waals surface area (Å²) in [6, 6.07) is 4.02. The predicted octanol–water partition coefficient (Wildman–Crippen LogP) is 2.78. The number of phenols is 1. The van der Waals surface area contributed by atoms with Crippen LogP contribution < -0.4 is 5.32 Å². The van der Waals surface area contributed by atoms with E-state index in [-0.39, 0.29) is 18.4 Å². The molecule has 1 aromatic rings. The zero-order valence-electron chi connectivity index (χ0n) is 9.00. The Morgan fingerprint density at radius 1 is 1.31 bits per heavy atom. The van der Waals surface area contributed by atoms with Crippen LogP contribution in [-0.4, -0.2) is 22.9 Å². The first-order valence-corrected chi connectivity index (χ1v) is 6.64. The van der Waals surface area contributed by atoms with Gasteiger partial charge in [0.25, 0.3) is 0 Å². The molecule has 5 heteroatoms. The Kier molecular flexibility index (Phi) is 5.75. The van der Waals surface area contributed by atoms with Crippen LogP contribution in [0, 0.1) is 0 Å². The highest BCUT2D eigenvalue weighted by Gasteiger charge is 2.06. The number of aromatic hydroxyl groups is 1. The molecule has 0 aliphatic rings. The van der Waals surface area contributed by atoms with Crippen LogP contribution in [0.15, 0.2) is 21.1 Å². The molecule has 1 aromatic carbocycles. The summed E-state index contributed by atoms with van der Waals surface area (Å²) in [5.74, 6) is 0.215. The third kappa shape index (κ3) is 4.05. The van der Waals surface area contributed by atoms with E-state index in [1.165, 1.54) is 0 Å². The molecule has 0 aliphatic carbocycles. The summed E-state index contributed by atoms with van der Waals surface area (Å²) in [7, 11) is 0. The molecule has 0 spiro atoms. The van der Waals surface area contributed by atoms with Crippen LogP contribution in [0.3, 0.4) is 0 Å². The smallest absolute Gasteiger partial charge is 0.143 e. The normalized spacial score (nSPS) is 12.8. The van der Waals surface area contributed by atoms with Crippen molar-refractivity contribution in [2.24, 2.45) is 0 Å². The van der Waals surface area contributed by atoms with Gasteiger partial charge in [-0.25, -0.2) is 0 Å². The standard InChI is InChI=1S/C11H15Br2NO2/c1-7(2-3-15)14-6-8-4-9(12)11(16)10(13)5-8/h4-5,7,14-16H,2-3,6H2,1H3. The van der Waals surface area contributed by atoms with Crippen LogP contribution in [0.2, 0.25) is 0 Å². The van der Waals surface area contributed by atoms with Crippen molar-refractivity contribution in [2.75, 3.05) is 6.61 Å². The summed E-state index contributed by atoms with van der Waals surface area (Å²) in [6.07, 6.45) is 0.737. The van der Waals surface area contributed by atoms with Crippen LogP contribution in [0.25, 0.3) is 0 Å². The van der Waals surface area contributed by atoms with Crippen molar-refractivity contribution in [1.82, 2.24) is 5.32 Å². The number of halogens is 2. The van der Waals surface area contributed by atoms with E-state index in [1.807, 2.05) is 19.1 Å². The Morgan fingerprint density at radius 2 is 1.88 bits per heavy atom. The lowest BCUT2D eigenvalue weighted by Crippen LogP contribution is -2.26. The van der Waals surface area contributed by atoms with Gasteiger partial charge < -0.3 is 15.5 Å². The van der Waals surface area contributed by atoms with Gasteiger partial charge in [-0.15, -0.1) is 0 Å². The second-order valence-corrected chi connectivity index (χ2v) is 5.41. The molecule has 0 aliphatic heterocycles. The average molecular weight is 353 g/mol. The summed E-state index contributed by atoms with van der Waals surface area (Å²) >= 11 is 6.57. The van der Waals surface area contributed by atoms with Crippen LogP contribution in [0.5, 0.6) is 5.75 Å². The Balaban J connectivity index is 2.61. The minimum absolute atomic E-state index is 0.192. The number of phenolic OH excluding ortho intramolecular Hbond substituents is 1. The van der Waals surface area contributed by atoms with Crippen molar-refractivity contribution in [3.8, 4) is 5.75 Å². The van der Waals surface area contributed by atoms with Crippen LogP contribution >= 0.6 is 31.9 Å². The van der Waals surface area contributed by atoms with Crippen molar-refractivity contribution in [3.63, 3.8) is 0 Å². The maximum Gasteiger partial charge on any atom is 0.143 e. The molecule has 1 rings (SSSR count). The maximum absolute atomic E-state index is 9.55. The third-order valence-electron chi connectivity index (χ3n) is 2.29. The number of hydrogen-bond donors (Lipinski definition) is 3. The van der Waals surface area contributed by atoms with Gasteiger partial charge in [-0.3, -0.25) is 0 Å². The van der Waals surface area contributed by atoms with E-state index in [1.54, 1.807) is 0 Å². The molecule has 0 heterocycles. The van der Waals surface area contributed by atoms with E-state index < -0.39 is 0 Å². The second-order valence-electron chi connectivity index (χ2n) is 3.70. The van der Waals surface area contributed by atoms with E-state index >= 15 is 0 Å². The molecule has 0 aromatic heterocycles. The van der Waals surface area contributed by atoms with E-state index in [2.05, 4.69) is 37.2 Å². The highest BCUT2D eigenvalue weighted by molar-refractivity contribution is 9.11. The van der Waals surface area contributed by atoms with Crippen LogP contribution in [-0.2, 0) is 6.54 Å². The lowest BCUT2D eigenvalue weighted by molar-refractivity contribution is 0.268. The number of hydrogen-bond acceptors (Lipinski definition) is 3. The first-order chi connectivity index (χ1) is 7.54. The molecule has 0 radical (unpaired) electrons. The quantitative estimate of drug-likeness (QED) is 0.763. The van der Waals surface area contributed by atoms with Gasteiger partial charge in [0.2, 0.25) is 0 Å². The van der Waals surface area contributed by atoms with Gasteiger partial charge in [-0.1, -0.05) is 0 Å². The molecule has 3 N–H and O–H groups in total. The lowest BCUT2D eigenvalue weighted by Gasteiger charge is -2.13. The molecule has 0 saturated heterocycles. The number of rotatable bonds is 5. The first kappa shape index (κ1) is 14.0. The zero-order valence-corrected chi connectivity index (χ0v) is 12.2. The van der Waals surface area contributed by atoms with Crippen molar-refractivity contribution in [3.05, 3.63) is 26.6 Å². The van der Waals surface area contributed by atoms with E-state index in [0.717, 1.165) is 12.0 Å². The van der Waals surface area contributed by atoms with Crippen molar-refractivity contribution >= 4 is 31.9 Å².